The molecule has 1 amide bonds. The Morgan fingerprint density at radius 1 is 1.45 bits per heavy atom. The van der Waals surface area contributed by atoms with Gasteiger partial charge in [-0.15, -0.1) is 0 Å². The predicted molar refractivity (Wildman–Crippen MR) is 77.9 cm³/mol. The minimum absolute atomic E-state index is 0.0628. The lowest BCUT2D eigenvalue weighted by Crippen LogP contribution is -2.40. The minimum Gasteiger partial charge on any atom is -0.480 e. The van der Waals surface area contributed by atoms with Crippen LogP contribution in [0.4, 0.5) is 0 Å². The number of sulfonamides is 1. The van der Waals surface area contributed by atoms with Crippen LogP contribution < -0.4 is 5.32 Å². The lowest BCUT2D eigenvalue weighted by molar-refractivity contribution is -0.139. The van der Waals surface area contributed by atoms with Gasteiger partial charge in [0.25, 0.3) is 15.9 Å². The molecule has 0 aliphatic carbocycles. The van der Waals surface area contributed by atoms with Gasteiger partial charge in [0.1, 0.15) is 12.3 Å². The molecule has 1 unspecified atom stereocenters. The van der Waals surface area contributed by atoms with Gasteiger partial charge in [0.15, 0.2) is 0 Å². The molecule has 2 N–H and O–H groups in total. The van der Waals surface area contributed by atoms with E-state index in [4.69, 9.17) is 9.52 Å². The van der Waals surface area contributed by atoms with E-state index >= 15 is 0 Å². The molecule has 0 bridgehead atoms. The van der Waals surface area contributed by atoms with Crippen LogP contribution in [0.5, 0.6) is 0 Å². The second-order valence-electron chi connectivity index (χ2n) is 4.61. The molecular formula is C13H18N2O6S. The fraction of sp³-hybridized carbons (Fsp3) is 0.385. The first-order valence-electron chi connectivity index (χ1n) is 6.36. The first kappa shape index (κ1) is 17.9. The first-order chi connectivity index (χ1) is 10.2. The summed E-state index contributed by atoms with van der Waals surface area (Å²) in [5.41, 5.74) is -0.0628. The third kappa shape index (κ3) is 4.18. The van der Waals surface area contributed by atoms with E-state index in [0.29, 0.717) is 0 Å². The number of hydrogen-bond acceptors (Lipinski definition) is 5. The zero-order valence-electron chi connectivity index (χ0n) is 12.4. The van der Waals surface area contributed by atoms with Crippen LogP contribution in [0, 0.1) is 0 Å². The number of nitrogens with one attached hydrogen (secondary N) is 1. The Kier molecular flexibility index (Phi) is 5.89. The third-order valence-electron chi connectivity index (χ3n) is 2.78. The minimum atomic E-state index is -3.79. The van der Waals surface area contributed by atoms with Crippen molar-refractivity contribution in [2.45, 2.75) is 24.5 Å². The lowest BCUT2D eigenvalue weighted by Gasteiger charge is -2.11. The zero-order chi connectivity index (χ0) is 16.9. The first-order valence-corrected chi connectivity index (χ1v) is 7.80. The van der Waals surface area contributed by atoms with Gasteiger partial charge in [0, 0.05) is 20.2 Å². The number of furan rings is 1. The Morgan fingerprint density at radius 3 is 2.59 bits per heavy atom. The zero-order valence-corrected chi connectivity index (χ0v) is 13.3. The van der Waals surface area contributed by atoms with Crippen molar-refractivity contribution in [2.24, 2.45) is 0 Å². The van der Waals surface area contributed by atoms with Crippen LogP contribution in [-0.4, -0.2) is 49.8 Å². The number of nitrogens with zero attached hydrogens (tertiary/aromatic N) is 1. The number of allylic oxidation sites excluding steroid dienone is 1. The van der Waals surface area contributed by atoms with E-state index in [9.17, 15) is 18.0 Å². The maximum Gasteiger partial charge on any atom is 0.326 e. The van der Waals surface area contributed by atoms with Gasteiger partial charge < -0.3 is 14.8 Å². The highest BCUT2D eigenvalue weighted by Crippen LogP contribution is 2.17. The van der Waals surface area contributed by atoms with Crippen molar-refractivity contribution in [3.8, 4) is 0 Å². The summed E-state index contributed by atoms with van der Waals surface area (Å²) < 4.78 is 29.5. The van der Waals surface area contributed by atoms with Gasteiger partial charge in [-0.05, 0) is 13.3 Å². The molecule has 122 valence electrons. The number of carboxylic acid groups (broad SMARTS) is 1. The summed E-state index contributed by atoms with van der Waals surface area (Å²) in [4.78, 5) is 23.0. The van der Waals surface area contributed by atoms with E-state index in [2.05, 4.69) is 5.32 Å². The largest absolute Gasteiger partial charge is 0.480 e. The van der Waals surface area contributed by atoms with Crippen LogP contribution >= 0.6 is 0 Å². The van der Waals surface area contributed by atoms with Crippen LogP contribution in [0.2, 0.25) is 0 Å². The fourth-order valence-corrected chi connectivity index (χ4v) is 2.29. The highest BCUT2D eigenvalue weighted by atomic mass is 32.2. The molecule has 1 aromatic rings. The number of carbonyl (C=O) groups excluding carboxylic acids is 1. The molecule has 0 saturated heterocycles. The number of rotatable bonds is 7. The average Bonchev–Trinajstić information content (AvgIpc) is 2.93. The monoisotopic (exact) mass is 330 g/mol. The smallest absolute Gasteiger partial charge is 0.326 e. The second-order valence-corrected chi connectivity index (χ2v) is 6.69. The molecule has 1 heterocycles. The highest BCUT2D eigenvalue weighted by molar-refractivity contribution is 7.88. The van der Waals surface area contributed by atoms with Crippen molar-refractivity contribution < 1.29 is 27.5 Å². The molecule has 0 spiro atoms. The molecule has 1 rings (SSSR count). The molecule has 8 nitrogen and oxygen atoms in total. The molecule has 9 heteroatoms. The van der Waals surface area contributed by atoms with E-state index in [1.165, 1.54) is 14.1 Å². The third-order valence-corrected chi connectivity index (χ3v) is 4.47. The van der Waals surface area contributed by atoms with Crippen LogP contribution in [-0.2, 0) is 14.8 Å². The van der Waals surface area contributed by atoms with E-state index in [-0.39, 0.29) is 17.1 Å². The molecule has 0 saturated carbocycles. The summed E-state index contributed by atoms with van der Waals surface area (Å²) in [6.45, 7) is 1.73. The van der Waals surface area contributed by atoms with Crippen molar-refractivity contribution in [3.05, 3.63) is 30.0 Å². The number of carboxylic acids is 1. The molecule has 1 atom stereocenters. The summed E-state index contributed by atoms with van der Waals surface area (Å²) in [5.74, 6) is -1.91. The number of hydrogen-bond donors (Lipinski definition) is 2. The molecule has 0 fully saturated rings. The molecule has 1 aromatic heterocycles. The quantitative estimate of drug-likeness (QED) is 0.710. The summed E-state index contributed by atoms with van der Waals surface area (Å²) in [6, 6.07) is -0.0494. The van der Waals surface area contributed by atoms with Crippen molar-refractivity contribution in [1.82, 2.24) is 9.62 Å². The van der Waals surface area contributed by atoms with Gasteiger partial charge in [0.05, 0.1) is 5.56 Å². The van der Waals surface area contributed by atoms with E-state index in [0.717, 1.165) is 16.6 Å². The summed E-state index contributed by atoms with van der Waals surface area (Å²) in [5, 5.41) is 10.9. The van der Waals surface area contributed by atoms with Crippen LogP contribution in [0.15, 0.2) is 34.0 Å². The summed E-state index contributed by atoms with van der Waals surface area (Å²) >= 11 is 0. The Labute approximate surface area is 128 Å². The van der Waals surface area contributed by atoms with E-state index in [1.807, 2.05) is 0 Å². The molecule has 0 aliphatic rings. The number of amides is 1. The Bertz CT molecular complexity index is 674. The van der Waals surface area contributed by atoms with Gasteiger partial charge in [-0.3, -0.25) is 4.79 Å². The van der Waals surface area contributed by atoms with Crippen molar-refractivity contribution >= 4 is 21.9 Å². The SMILES string of the molecule is C/C=C/CC(NC(=O)c1coc(S(=O)(=O)N(C)C)c1)C(=O)O. The fourth-order valence-electron chi connectivity index (χ4n) is 1.49. The highest BCUT2D eigenvalue weighted by Gasteiger charge is 2.25. The topological polar surface area (TPSA) is 117 Å². The Balaban J connectivity index is 2.91. The average molecular weight is 330 g/mol. The number of aliphatic carboxylic acids is 1. The van der Waals surface area contributed by atoms with Gasteiger partial charge in [0.2, 0.25) is 5.09 Å². The molecule has 0 radical (unpaired) electrons. The molecule has 22 heavy (non-hydrogen) atoms. The van der Waals surface area contributed by atoms with Crippen LogP contribution in [0.3, 0.4) is 0 Å². The van der Waals surface area contributed by atoms with Crippen LogP contribution in [0.25, 0.3) is 0 Å². The van der Waals surface area contributed by atoms with Gasteiger partial charge >= 0.3 is 5.97 Å². The van der Waals surface area contributed by atoms with Crippen molar-refractivity contribution in [2.75, 3.05) is 14.1 Å². The Morgan fingerprint density at radius 2 is 2.09 bits per heavy atom. The second kappa shape index (κ2) is 7.23. The summed E-state index contributed by atoms with van der Waals surface area (Å²) in [7, 11) is -1.13. The lowest BCUT2D eigenvalue weighted by atomic mass is 10.2. The van der Waals surface area contributed by atoms with Crippen molar-refractivity contribution in [1.29, 1.82) is 0 Å². The van der Waals surface area contributed by atoms with E-state index < -0.39 is 27.9 Å². The Hall–Kier alpha value is -2.13. The van der Waals surface area contributed by atoms with Gasteiger partial charge in [-0.25, -0.2) is 17.5 Å². The van der Waals surface area contributed by atoms with Crippen molar-refractivity contribution in [3.63, 3.8) is 0 Å². The maximum atomic E-state index is 12.0. The summed E-state index contributed by atoms with van der Waals surface area (Å²) in [6.07, 6.45) is 4.37. The van der Waals surface area contributed by atoms with Gasteiger partial charge in [-0.2, -0.15) is 0 Å². The van der Waals surface area contributed by atoms with E-state index in [1.54, 1.807) is 19.1 Å². The standard InChI is InChI=1S/C13H18N2O6S/c1-4-5-6-10(13(17)18)14-12(16)9-7-11(21-8-9)22(19,20)15(2)3/h4-5,7-8,10H,6H2,1-3H3,(H,14,16)(H,17,18)/b5-4+. The molecule has 0 aliphatic heterocycles. The molecular weight excluding hydrogens is 312 g/mol. The van der Waals surface area contributed by atoms with Crippen LogP contribution in [0.1, 0.15) is 23.7 Å². The number of carbonyl (C=O) groups is 2. The van der Waals surface area contributed by atoms with Gasteiger partial charge in [-0.1, -0.05) is 12.2 Å². The predicted octanol–water partition coefficient (Wildman–Crippen LogP) is 0.679. The maximum absolute atomic E-state index is 12.0. The normalized spacial score (nSPS) is 13.5. The molecule has 0 aromatic carbocycles.